The van der Waals surface area contributed by atoms with Crippen LogP contribution < -0.4 is 5.32 Å². The molecular weight excluding hydrogens is 255 g/mol. The topological polar surface area (TPSA) is 32.3 Å². The molecule has 110 valence electrons. The smallest absolute Gasteiger partial charge is 0.230 e. The van der Waals surface area contributed by atoms with Crippen molar-refractivity contribution in [2.24, 2.45) is 0 Å². The number of nitrogens with one attached hydrogen (secondary N) is 1. The number of carbonyl (C=O) groups is 1. The second kappa shape index (κ2) is 6.35. The molecule has 1 aliphatic carbocycles. The molecule has 4 heteroatoms. The van der Waals surface area contributed by atoms with Gasteiger partial charge in [-0.15, -0.1) is 0 Å². The number of amides is 1. The summed E-state index contributed by atoms with van der Waals surface area (Å²) in [6.45, 7) is 1.69. The Morgan fingerprint density at radius 3 is 2.60 bits per heavy atom. The molecule has 0 saturated heterocycles. The molecule has 1 saturated carbocycles. The van der Waals surface area contributed by atoms with Crippen molar-refractivity contribution >= 4 is 5.91 Å². The number of hydrogen-bond acceptors (Lipinski definition) is 2. The van der Waals surface area contributed by atoms with E-state index < -0.39 is 5.41 Å². The maximum atomic E-state index is 13.8. The summed E-state index contributed by atoms with van der Waals surface area (Å²) in [4.78, 5) is 14.4. The fraction of sp³-hybridized carbons (Fsp3) is 0.562. The lowest BCUT2D eigenvalue weighted by molar-refractivity contribution is -0.123. The summed E-state index contributed by atoms with van der Waals surface area (Å²) in [7, 11) is 4.08. The Balaban J connectivity index is 1.85. The van der Waals surface area contributed by atoms with Crippen molar-refractivity contribution in [3.8, 4) is 0 Å². The molecule has 0 heterocycles. The van der Waals surface area contributed by atoms with Crippen molar-refractivity contribution in [2.45, 2.75) is 31.1 Å². The minimum Gasteiger partial charge on any atom is -0.355 e. The van der Waals surface area contributed by atoms with Gasteiger partial charge in [-0.05, 0) is 52.4 Å². The first-order chi connectivity index (χ1) is 9.56. The van der Waals surface area contributed by atoms with E-state index in [4.69, 9.17) is 0 Å². The molecule has 1 amide bonds. The monoisotopic (exact) mass is 278 g/mol. The highest BCUT2D eigenvalue weighted by Gasteiger charge is 2.52. The number of carbonyl (C=O) groups excluding carboxylic acids is 1. The fourth-order valence-corrected chi connectivity index (χ4v) is 2.52. The van der Waals surface area contributed by atoms with Crippen LogP contribution in [0.15, 0.2) is 24.3 Å². The summed E-state index contributed by atoms with van der Waals surface area (Å²) >= 11 is 0. The highest BCUT2D eigenvalue weighted by atomic mass is 19.1. The average molecular weight is 278 g/mol. The molecule has 1 aromatic carbocycles. The van der Waals surface area contributed by atoms with Gasteiger partial charge < -0.3 is 10.2 Å². The lowest BCUT2D eigenvalue weighted by Crippen LogP contribution is -2.36. The molecule has 1 aliphatic rings. The van der Waals surface area contributed by atoms with E-state index in [1.165, 1.54) is 6.07 Å². The minimum absolute atomic E-state index is 0.0209. The Bertz CT molecular complexity index is 469. The summed E-state index contributed by atoms with van der Waals surface area (Å²) in [5, 5.41) is 2.96. The molecule has 0 aromatic heterocycles. The quantitative estimate of drug-likeness (QED) is 0.776. The van der Waals surface area contributed by atoms with E-state index >= 15 is 0 Å². The van der Waals surface area contributed by atoms with Crippen LogP contribution in [0.3, 0.4) is 0 Å². The molecule has 0 spiro atoms. The molecule has 1 N–H and O–H groups in total. The van der Waals surface area contributed by atoms with E-state index in [1.807, 2.05) is 14.1 Å². The Hall–Kier alpha value is -1.42. The van der Waals surface area contributed by atoms with Crippen molar-refractivity contribution < 1.29 is 9.18 Å². The predicted molar refractivity (Wildman–Crippen MR) is 78.1 cm³/mol. The van der Waals surface area contributed by atoms with Gasteiger partial charge in [0.15, 0.2) is 0 Å². The van der Waals surface area contributed by atoms with Crippen LogP contribution in [0.4, 0.5) is 4.39 Å². The van der Waals surface area contributed by atoms with Gasteiger partial charge in [-0.2, -0.15) is 0 Å². The van der Waals surface area contributed by atoms with Crippen LogP contribution in [-0.2, 0) is 10.2 Å². The Labute approximate surface area is 120 Å². The third-order valence-corrected chi connectivity index (χ3v) is 3.89. The zero-order chi connectivity index (χ0) is 14.6. The van der Waals surface area contributed by atoms with E-state index in [0.29, 0.717) is 12.1 Å². The number of nitrogens with zero attached hydrogens (tertiary/aromatic N) is 1. The average Bonchev–Trinajstić information content (AvgIpc) is 3.20. The van der Waals surface area contributed by atoms with Gasteiger partial charge in [-0.25, -0.2) is 4.39 Å². The molecule has 20 heavy (non-hydrogen) atoms. The minimum atomic E-state index is -0.604. The van der Waals surface area contributed by atoms with Crippen LogP contribution in [0.5, 0.6) is 0 Å². The van der Waals surface area contributed by atoms with Crippen LogP contribution >= 0.6 is 0 Å². The van der Waals surface area contributed by atoms with Crippen LogP contribution in [0.25, 0.3) is 0 Å². The van der Waals surface area contributed by atoms with Gasteiger partial charge in [0.25, 0.3) is 0 Å². The standard InChI is InChI=1S/C16H23FN2O/c1-19(2)12-6-5-11-18-15(20)16(9-10-16)13-7-3-4-8-14(13)17/h3-4,7-8H,5-6,9-12H2,1-2H3,(H,18,20). The van der Waals surface area contributed by atoms with E-state index in [0.717, 1.165) is 32.2 Å². The number of unbranched alkanes of at least 4 members (excludes halogenated alkanes) is 1. The number of halogens is 1. The molecule has 3 nitrogen and oxygen atoms in total. The van der Waals surface area contributed by atoms with Crippen molar-refractivity contribution in [3.05, 3.63) is 35.6 Å². The van der Waals surface area contributed by atoms with Gasteiger partial charge in [0.2, 0.25) is 5.91 Å². The van der Waals surface area contributed by atoms with Gasteiger partial charge in [-0.1, -0.05) is 18.2 Å². The van der Waals surface area contributed by atoms with Gasteiger partial charge in [0.05, 0.1) is 5.41 Å². The zero-order valence-electron chi connectivity index (χ0n) is 12.3. The second-order valence-corrected chi connectivity index (χ2v) is 5.83. The lowest BCUT2D eigenvalue weighted by atomic mass is 9.94. The molecule has 0 bridgehead atoms. The molecule has 0 unspecified atom stereocenters. The summed E-state index contributed by atoms with van der Waals surface area (Å²) in [5.74, 6) is -0.291. The predicted octanol–water partition coefficient (Wildman–Crippen LogP) is 2.32. The SMILES string of the molecule is CN(C)CCCCNC(=O)C1(c2ccccc2F)CC1. The van der Waals surface area contributed by atoms with Crippen molar-refractivity contribution in [3.63, 3.8) is 0 Å². The molecule has 0 aliphatic heterocycles. The molecule has 2 rings (SSSR count). The van der Waals surface area contributed by atoms with Crippen LogP contribution in [0.2, 0.25) is 0 Å². The summed E-state index contributed by atoms with van der Waals surface area (Å²) in [6.07, 6.45) is 3.51. The maximum Gasteiger partial charge on any atom is 0.230 e. The molecular formula is C16H23FN2O. The molecule has 1 fully saturated rings. The fourth-order valence-electron chi connectivity index (χ4n) is 2.52. The highest BCUT2D eigenvalue weighted by Crippen LogP contribution is 2.49. The normalized spacial score (nSPS) is 16.2. The van der Waals surface area contributed by atoms with Gasteiger partial charge >= 0.3 is 0 Å². The Kier molecular flexibility index (Phi) is 4.76. The summed E-state index contributed by atoms with van der Waals surface area (Å²) in [5.41, 5.74) is -0.0572. The number of rotatable bonds is 7. The lowest BCUT2D eigenvalue weighted by Gasteiger charge is -2.16. The van der Waals surface area contributed by atoms with Gasteiger partial charge in [-0.3, -0.25) is 4.79 Å². The second-order valence-electron chi connectivity index (χ2n) is 5.83. The zero-order valence-corrected chi connectivity index (χ0v) is 12.3. The highest BCUT2D eigenvalue weighted by molar-refractivity contribution is 5.91. The van der Waals surface area contributed by atoms with Gasteiger partial charge in [0, 0.05) is 12.1 Å². The van der Waals surface area contributed by atoms with Crippen LogP contribution in [-0.4, -0.2) is 38.0 Å². The number of hydrogen-bond donors (Lipinski definition) is 1. The van der Waals surface area contributed by atoms with E-state index in [1.54, 1.807) is 18.2 Å². The first-order valence-electron chi connectivity index (χ1n) is 7.24. The summed E-state index contributed by atoms with van der Waals surface area (Å²) < 4.78 is 13.8. The molecule has 0 atom stereocenters. The van der Waals surface area contributed by atoms with Gasteiger partial charge in [0.1, 0.15) is 5.82 Å². The van der Waals surface area contributed by atoms with Crippen molar-refractivity contribution in [1.82, 2.24) is 10.2 Å². The van der Waals surface area contributed by atoms with Crippen LogP contribution in [0, 0.1) is 5.82 Å². The van der Waals surface area contributed by atoms with E-state index in [2.05, 4.69) is 10.2 Å². The summed E-state index contributed by atoms with van der Waals surface area (Å²) in [6, 6.07) is 6.62. The number of benzene rings is 1. The van der Waals surface area contributed by atoms with Crippen molar-refractivity contribution in [2.75, 3.05) is 27.2 Å². The Morgan fingerprint density at radius 1 is 1.30 bits per heavy atom. The van der Waals surface area contributed by atoms with E-state index in [-0.39, 0.29) is 11.7 Å². The third-order valence-electron chi connectivity index (χ3n) is 3.89. The molecule has 0 radical (unpaired) electrons. The third kappa shape index (κ3) is 3.37. The first kappa shape index (κ1) is 15.0. The van der Waals surface area contributed by atoms with E-state index in [9.17, 15) is 9.18 Å². The maximum absolute atomic E-state index is 13.8. The van der Waals surface area contributed by atoms with Crippen molar-refractivity contribution in [1.29, 1.82) is 0 Å². The Morgan fingerprint density at radius 2 is 2.00 bits per heavy atom. The molecule has 1 aromatic rings. The largest absolute Gasteiger partial charge is 0.355 e. The van der Waals surface area contributed by atoms with Crippen LogP contribution in [0.1, 0.15) is 31.2 Å². The first-order valence-corrected chi connectivity index (χ1v) is 7.24.